The van der Waals surface area contributed by atoms with E-state index < -0.39 is 12.0 Å². The molecule has 1 aromatic carbocycles. The minimum atomic E-state index is -1.29. The van der Waals surface area contributed by atoms with Gasteiger partial charge in [0.1, 0.15) is 4.99 Å². The van der Waals surface area contributed by atoms with Crippen molar-refractivity contribution in [3.8, 4) is 5.75 Å². The van der Waals surface area contributed by atoms with Crippen molar-refractivity contribution in [1.82, 2.24) is 4.90 Å². The van der Waals surface area contributed by atoms with Gasteiger partial charge in [0.25, 0.3) is 5.91 Å². The molecule has 116 valence electrons. The van der Waals surface area contributed by atoms with Crippen molar-refractivity contribution in [2.24, 2.45) is 0 Å². The lowest BCUT2D eigenvalue weighted by Gasteiger charge is -2.23. The molecule has 0 aliphatic carbocycles. The topological polar surface area (TPSA) is 78.9 Å². The van der Waals surface area contributed by atoms with E-state index in [-0.39, 0.29) is 17.1 Å². The first kappa shape index (κ1) is 16.3. The third-order valence-corrected chi connectivity index (χ3v) is 3.69. The van der Waals surface area contributed by atoms with E-state index in [2.05, 4.69) is 5.32 Å². The summed E-state index contributed by atoms with van der Waals surface area (Å²) >= 11 is 11.2. The summed E-state index contributed by atoms with van der Waals surface area (Å²) in [5.74, 6) is -0.247. The molecular formula is C14H13ClN2O4S. The lowest BCUT2D eigenvalue weighted by atomic mass is 10.1. The second-order valence-electron chi connectivity index (χ2n) is 4.42. The highest BCUT2D eigenvalue weighted by atomic mass is 35.5. The third kappa shape index (κ3) is 3.20. The van der Waals surface area contributed by atoms with E-state index in [0.29, 0.717) is 22.9 Å². The first-order valence-electron chi connectivity index (χ1n) is 6.34. The van der Waals surface area contributed by atoms with E-state index in [1.54, 1.807) is 24.3 Å². The van der Waals surface area contributed by atoms with Crippen molar-refractivity contribution < 1.29 is 19.4 Å². The summed E-state index contributed by atoms with van der Waals surface area (Å²) in [5, 5.41) is 12.3. The maximum atomic E-state index is 12.1. The summed E-state index contributed by atoms with van der Waals surface area (Å²) in [6.45, 7) is 0.126. The number of amides is 2. The average molecular weight is 341 g/mol. The van der Waals surface area contributed by atoms with Gasteiger partial charge in [-0.05, 0) is 18.6 Å². The maximum absolute atomic E-state index is 12.1. The lowest BCUT2D eigenvalue weighted by molar-refractivity contribution is -0.125. The molecule has 0 fully saturated rings. The zero-order valence-electron chi connectivity index (χ0n) is 11.6. The Morgan fingerprint density at radius 3 is 2.86 bits per heavy atom. The number of benzene rings is 1. The molecule has 0 saturated heterocycles. The summed E-state index contributed by atoms with van der Waals surface area (Å²) in [5.41, 5.74) is 0.645. The van der Waals surface area contributed by atoms with Gasteiger partial charge in [0.2, 0.25) is 0 Å². The van der Waals surface area contributed by atoms with Crippen molar-refractivity contribution in [3.05, 3.63) is 34.9 Å². The fourth-order valence-electron chi connectivity index (χ4n) is 2.05. The Hall–Kier alpha value is -2.12. The van der Waals surface area contributed by atoms with Gasteiger partial charge in [0, 0.05) is 6.54 Å². The molecule has 1 heterocycles. The van der Waals surface area contributed by atoms with Crippen LogP contribution in [0.3, 0.4) is 0 Å². The Labute approximate surface area is 137 Å². The zero-order chi connectivity index (χ0) is 16.3. The highest BCUT2D eigenvalue weighted by molar-refractivity contribution is 7.81. The molecule has 8 heteroatoms. The number of carboxylic acid groups (broad SMARTS) is 1. The van der Waals surface area contributed by atoms with Crippen molar-refractivity contribution in [1.29, 1.82) is 0 Å². The van der Waals surface area contributed by atoms with Crippen molar-refractivity contribution in [2.45, 2.75) is 6.42 Å². The van der Waals surface area contributed by atoms with Crippen LogP contribution < -0.4 is 10.1 Å². The van der Waals surface area contributed by atoms with Crippen LogP contribution in [0.1, 0.15) is 6.42 Å². The molecule has 0 aromatic heterocycles. The Morgan fingerprint density at radius 2 is 2.23 bits per heavy atom. The number of nitrogens with zero attached hydrogens (tertiary/aromatic N) is 1. The molecule has 1 aliphatic rings. The van der Waals surface area contributed by atoms with E-state index in [1.165, 1.54) is 7.11 Å². The molecular weight excluding hydrogens is 328 g/mol. The normalized spacial score (nSPS) is 14.4. The van der Waals surface area contributed by atoms with E-state index >= 15 is 0 Å². The van der Waals surface area contributed by atoms with Gasteiger partial charge in [-0.15, -0.1) is 0 Å². The lowest BCUT2D eigenvalue weighted by Crippen LogP contribution is -2.42. The number of methoxy groups -OCH3 is 1. The number of thiocarbonyl (C=S) groups is 1. The second kappa shape index (κ2) is 6.76. The summed E-state index contributed by atoms with van der Waals surface area (Å²) in [4.78, 5) is 24.0. The van der Waals surface area contributed by atoms with Crippen LogP contribution in [-0.2, 0) is 4.79 Å². The highest BCUT2D eigenvalue weighted by Gasteiger charge is 2.29. The molecule has 0 bridgehead atoms. The van der Waals surface area contributed by atoms with Gasteiger partial charge < -0.3 is 15.2 Å². The van der Waals surface area contributed by atoms with E-state index in [1.807, 2.05) is 0 Å². The fourth-order valence-corrected chi connectivity index (χ4v) is 2.58. The Balaban J connectivity index is 2.23. The van der Waals surface area contributed by atoms with E-state index in [9.17, 15) is 9.59 Å². The van der Waals surface area contributed by atoms with Crippen LogP contribution in [0, 0.1) is 0 Å². The predicted molar refractivity (Wildman–Crippen MR) is 86.7 cm³/mol. The van der Waals surface area contributed by atoms with Gasteiger partial charge in [0.05, 0.1) is 23.4 Å². The van der Waals surface area contributed by atoms with Crippen molar-refractivity contribution in [2.75, 3.05) is 19.0 Å². The molecule has 0 unspecified atom stereocenters. The monoisotopic (exact) mass is 340 g/mol. The van der Waals surface area contributed by atoms with E-state index in [0.717, 1.165) is 4.90 Å². The van der Waals surface area contributed by atoms with Gasteiger partial charge in [-0.3, -0.25) is 4.79 Å². The summed E-state index contributed by atoms with van der Waals surface area (Å²) < 4.78 is 5.19. The molecule has 6 nitrogen and oxygen atoms in total. The van der Waals surface area contributed by atoms with Crippen molar-refractivity contribution in [3.63, 3.8) is 0 Å². The van der Waals surface area contributed by atoms with Gasteiger partial charge in [-0.1, -0.05) is 36.0 Å². The number of nitrogens with one attached hydrogen (secondary N) is 1. The van der Waals surface area contributed by atoms with Crippen molar-refractivity contribution >= 4 is 46.5 Å². The molecule has 0 atom stereocenters. The fraction of sp³-hybridized carbons (Fsp3) is 0.214. The molecule has 2 N–H and O–H groups in total. The van der Waals surface area contributed by atoms with Crippen LogP contribution >= 0.6 is 23.8 Å². The first-order chi connectivity index (χ1) is 10.5. The van der Waals surface area contributed by atoms with Gasteiger partial charge in [-0.25, -0.2) is 9.69 Å². The summed E-state index contributed by atoms with van der Waals surface area (Å²) in [6.07, 6.45) is 0.745. The third-order valence-electron chi connectivity index (χ3n) is 3.07. The number of imide groups is 1. The average Bonchev–Trinajstić information content (AvgIpc) is 2.47. The zero-order valence-corrected chi connectivity index (χ0v) is 13.2. The van der Waals surface area contributed by atoms with Crippen LogP contribution in [-0.4, -0.2) is 40.6 Å². The molecule has 0 radical (unpaired) electrons. The van der Waals surface area contributed by atoms with Crippen LogP contribution in [0.4, 0.5) is 10.5 Å². The predicted octanol–water partition coefficient (Wildman–Crippen LogP) is 2.92. The smallest absolute Gasteiger partial charge is 0.414 e. The minimum Gasteiger partial charge on any atom is -0.493 e. The number of para-hydroxylation sites is 1. The SMILES string of the molecule is COc1c(Cl)cccc1NC(=S)C1=CCCN(C(=O)O)C1=O. The number of anilines is 1. The summed E-state index contributed by atoms with van der Waals surface area (Å²) in [7, 11) is 1.46. The molecule has 0 spiro atoms. The quantitative estimate of drug-likeness (QED) is 0.824. The van der Waals surface area contributed by atoms with Crippen LogP contribution in [0.25, 0.3) is 0 Å². The molecule has 2 rings (SSSR count). The Bertz CT molecular complexity index is 675. The van der Waals surface area contributed by atoms with Gasteiger partial charge in [0.15, 0.2) is 5.75 Å². The van der Waals surface area contributed by atoms with Crippen LogP contribution in [0.2, 0.25) is 5.02 Å². The van der Waals surface area contributed by atoms with Crippen LogP contribution in [0.5, 0.6) is 5.75 Å². The Morgan fingerprint density at radius 1 is 1.50 bits per heavy atom. The highest BCUT2D eigenvalue weighted by Crippen LogP contribution is 2.33. The number of halogens is 1. The summed E-state index contributed by atoms with van der Waals surface area (Å²) in [6, 6.07) is 5.06. The number of ether oxygens (including phenoxy) is 1. The number of hydrogen-bond donors (Lipinski definition) is 2. The van der Waals surface area contributed by atoms with Crippen LogP contribution in [0.15, 0.2) is 29.8 Å². The molecule has 0 saturated carbocycles. The number of carbonyl (C=O) groups is 2. The molecule has 1 aliphatic heterocycles. The molecule has 1 aromatic rings. The first-order valence-corrected chi connectivity index (χ1v) is 7.13. The number of hydrogen-bond acceptors (Lipinski definition) is 4. The Kier molecular flexibility index (Phi) is 4.99. The minimum absolute atomic E-state index is 0.122. The number of rotatable bonds is 3. The van der Waals surface area contributed by atoms with Gasteiger partial charge >= 0.3 is 6.09 Å². The standard InChI is InChI=1S/C14H13ClN2O4S/c1-21-11-9(15)5-2-6-10(11)16-12(22)8-4-3-7-17(13(8)18)14(19)20/h2,4-6H,3,7H2,1H3,(H,16,22)(H,19,20). The maximum Gasteiger partial charge on any atom is 0.414 e. The molecule has 2 amide bonds. The van der Waals surface area contributed by atoms with E-state index in [4.69, 9.17) is 33.7 Å². The molecule has 22 heavy (non-hydrogen) atoms. The largest absolute Gasteiger partial charge is 0.493 e. The second-order valence-corrected chi connectivity index (χ2v) is 5.24. The van der Waals surface area contributed by atoms with Gasteiger partial charge in [-0.2, -0.15) is 0 Å². The number of carbonyl (C=O) groups excluding carboxylic acids is 1.